The summed E-state index contributed by atoms with van der Waals surface area (Å²) in [5, 5.41) is 1.26. The number of anilines is 1. The Hall–Kier alpha value is -3.75. The van der Waals surface area contributed by atoms with Crippen molar-refractivity contribution in [2.45, 2.75) is 64.6 Å². The number of carbonyl (C=O) groups excluding carboxylic acids is 2. The van der Waals surface area contributed by atoms with Crippen LogP contribution in [-0.4, -0.2) is 50.3 Å². The van der Waals surface area contributed by atoms with Gasteiger partial charge in [-0.15, -0.1) is 11.3 Å². The van der Waals surface area contributed by atoms with Crippen LogP contribution in [0.1, 0.15) is 63.7 Å². The largest absolute Gasteiger partial charge is 0.486 e. The first kappa shape index (κ1) is 32.2. The summed E-state index contributed by atoms with van der Waals surface area (Å²) in [6, 6.07) is 20.3. The molecule has 1 heterocycles. The number of Topliss-reactive ketones (excluding diaryl/α,β-unsaturated/α-hetero) is 1. The molecule has 3 aromatic carbocycles. The zero-order valence-corrected chi connectivity index (χ0v) is 26.7. The molecule has 4 rings (SSSR count). The number of unbranched alkanes of at least 4 members (excludes halogenated alkanes) is 1. The molecule has 0 saturated carbocycles. The van der Waals surface area contributed by atoms with Crippen LogP contribution in [0, 0.1) is 0 Å². The molecule has 1 aromatic heterocycles. The second kappa shape index (κ2) is 13.7. The van der Waals surface area contributed by atoms with Crippen LogP contribution in [0.3, 0.4) is 0 Å². The summed E-state index contributed by atoms with van der Waals surface area (Å²) < 4.78 is 19.5. The average Bonchev–Trinajstić information content (AvgIpc) is 3.00. The number of nitrogens with zero attached hydrogens (tertiary/aromatic N) is 1. The van der Waals surface area contributed by atoms with Crippen LogP contribution in [0.25, 0.3) is 20.2 Å². The van der Waals surface area contributed by atoms with Gasteiger partial charge in [-0.25, -0.2) is 4.79 Å². The number of esters is 1. The predicted molar refractivity (Wildman–Crippen MR) is 175 cm³/mol. The third-order valence-corrected chi connectivity index (χ3v) is 9.01. The summed E-state index contributed by atoms with van der Waals surface area (Å²) in [6.45, 7) is 7.67. The number of fused-ring (bicyclic) bond motifs is 2. The Labute approximate surface area is 257 Å². The Kier molecular flexibility index (Phi) is 10.2. The highest BCUT2D eigenvalue weighted by molar-refractivity contribution is 7.24. The van der Waals surface area contributed by atoms with Crippen molar-refractivity contribution in [1.82, 2.24) is 0 Å². The Morgan fingerprint density at radius 3 is 2.28 bits per heavy atom. The van der Waals surface area contributed by atoms with Gasteiger partial charge in [-0.2, -0.15) is 0 Å². The lowest BCUT2D eigenvalue weighted by Gasteiger charge is -2.29. The Morgan fingerprint density at radius 1 is 0.884 bits per heavy atom. The van der Waals surface area contributed by atoms with Gasteiger partial charge in [-0.3, -0.25) is 9.59 Å². The zero-order chi connectivity index (χ0) is 31.2. The van der Waals surface area contributed by atoms with E-state index in [1.165, 1.54) is 0 Å². The van der Waals surface area contributed by atoms with Gasteiger partial charge in [0, 0.05) is 46.6 Å². The molecule has 0 spiro atoms. The van der Waals surface area contributed by atoms with Crippen molar-refractivity contribution in [3.8, 4) is 5.75 Å². The molecule has 7 nitrogen and oxygen atoms in total. The number of rotatable bonds is 14. The summed E-state index contributed by atoms with van der Waals surface area (Å²) in [5.41, 5.74) is -0.117. The lowest BCUT2D eigenvalue weighted by molar-refractivity contribution is -0.142. The summed E-state index contributed by atoms with van der Waals surface area (Å²) >= 11 is 1.55. The van der Waals surface area contributed by atoms with E-state index in [2.05, 4.69) is 0 Å². The van der Waals surface area contributed by atoms with Crippen molar-refractivity contribution < 1.29 is 23.8 Å². The minimum absolute atomic E-state index is 0.0441. The van der Waals surface area contributed by atoms with Gasteiger partial charge >= 0.3 is 5.97 Å². The van der Waals surface area contributed by atoms with Crippen LogP contribution in [-0.2, 0) is 14.3 Å². The highest BCUT2D eigenvalue weighted by Crippen LogP contribution is 2.28. The summed E-state index contributed by atoms with van der Waals surface area (Å²) in [6.07, 6.45) is 2.87. The van der Waals surface area contributed by atoms with E-state index < -0.39 is 11.2 Å². The molecule has 4 aromatic rings. The maximum atomic E-state index is 13.0. The van der Waals surface area contributed by atoms with Crippen molar-refractivity contribution in [3.05, 3.63) is 82.5 Å². The van der Waals surface area contributed by atoms with Crippen molar-refractivity contribution >= 4 is 48.9 Å². The van der Waals surface area contributed by atoms with Gasteiger partial charge in [-0.1, -0.05) is 19.1 Å². The van der Waals surface area contributed by atoms with E-state index in [9.17, 15) is 14.4 Å². The number of hydrogen-bond acceptors (Lipinski definition) is 8. The van der Waals surface area contributed by atoms with Gasteiger partial charge < -0.3 is 19.1 Å². The van der Waals surface area contributed by atoms with Crippen LogP contribution in [0.15, 0.2) is 71.5 Å². The molecular formula is C35H41NO6S. The summed E-state index contributed by atoms with van der Waals surface area (Å²) in [4.78, 5) is 40.7. The fourth-order valence-electron chi connectivity index (χ4n) is 4.68. The van der Waals surface area contributed by atoms with E-state index in [0.29, 0.717) is 48.0 Å². The maximum absolute atomic E-state index is 13.0. The van der Waals surface area contributed by atoms with E-state index in [0.717, 1.165) is 21.5 Å². The number of ether oxygens (including phenoxy) is 3. The topological polar surface area (TPSA) is 82.1 Å². The monoisotopic (exact) mass is 603 g/mol. The molecule has 1 unspecified atom stereocenters. The molecule has 0 radical (unpaired) electrons. The molecule has 0 aliphatic heterocycles. The highest BCUT2D eigenvalue weighted by Gasteiger charge is 2.30. The quantitative estimate of drug-likeness (QED) is 0.0843. The van der Waals surface area contributed by atoms with Crippen LogP contribution < -0.4 is 15.1 Å². The van der Waals surface area contributed by atoms with E-state index in [4.69, 9.17) is 14.2 Å². The first-order chi connectivity index (χ1) is 20.4. The molecule has 1 atom stereocenters. The van der Waals surface area contributed by atoms with E-state index in [-0.39, 0.29) is 23.8 Å². The third-order valence-electron chi connectivity index (χ3n) is 7.86. The first-order valence-corrected chi connectivity index (χ1v) is 15.5. The second-order valence-electron chi connectivity index (χ2n) is 11.7. The van der Waals surface area contributed by atoms with Crippen molar-refractivity contribution in [1.29, 1.82) is 0 Å². The van der Waals surface area contributed by atoms with Crippen molar-refractivity contribution in [2.24, 2.45) is 0 Å². The second-order valence-corrected chi connectivity index (χ2v) is 12.8. The lowest BCUT2D eigenvalue weighted by Crippen LogP contribution is -2.39. The molecule has 228 valence electrons. The standard InChI is InChI=1S/C35H41NO6S/c1-7-35(4,42-33(39)24-14-16-25(17-15-24)36(5)6)20-10-11-21-41-34(2,3)31(37)23-40-26-18-19-30-28(22-26)32(38)27-12-8-9-13-29(27)43-30/h8-9,12-19,22H,7,10-11,20-21,23H2,1-6H3. The predicted octanol–water partition coefficient (Wildman–Crippen LogP) is 7.42. The van der Waals surface area contributed by atoms with E-state index in [1.54, 1.807) is 49.4 Å². The molecule has 0 saturated heterocycles. The Balaban J connectivity index is 1.24. The third kappa shape index (κ3) is 8.00. The number of benzene rings is 3. The molecule has 0 aliphatic rings. The van der Waals surface area contributed by atoms with Crippen LogP contribution in [0.4, 0.5) is 5.69 Å². The number of hydrogen-bond donors (Lipinski definition) is 0. The minimum Gasteiger partial charge on any atom is -0.486 e. The normalized spacial score (nSPS) is 13.1. The molecule has 0 amide bonds. The SMILES string of the molecule is CCC(C)(CCCCOC(C)(C)C(=O)COc1ccc2sc3ccccc3c(=O)c2c1)OC(=O)c1ccc(N(C)C)cc1. The van der Waals surface area contributed by atoms with Crippen LogP contribution in [0.5, 0.6) is 5.75 Å². The minimum atomic E-state index is -1.03. The van der Waals surface area contributed by atoms with Gasteiger partial charge in [-0.05, 0) is 101 Å². The Morgan fingerprint density at radius 2 is 1.58 bits per heavy atom. The molecule has 0 fully saturated rings. The molecule has 0 bridgehead atoms. The average molecular weight is 604 g/mol. The van der Waals surface area contributed by atoms with E-state index in [1.807, 2.05) is 75.3 Å². The van der Waals surface area contributed by atoms with Crippen LogP contribution >= 0.6 is 11.3 Å². The number of ketones is 1. The summed E-state index contributed by atoms with van der Waals surface area (Å²) in [5.74, 6) is -0.0494. The number of carbonyl (C=O) groups is 2. The molecule has 8 heteroatoms. The van der Waals surface area contributed by atoms with Crippen molar-refractivity contribution in [2.75, 3.05) is 32.2 Å². The Bertz CT molecular complexity index is 1640. The molecule has 0 aliphatic carbocycles. The molecule has 0 N–H and O–H groups in total. The van der Waals surface area contributed by atoms with Crippen molar-refractivity contribution in [3.63, 3.8) is 0 Å². The lowest BCUT2D eigenvalue weighted by atomic mass is 9.95. The van der Waals surface area contributed by atoms with E-state index >= 15 is 0 Å². The highest BCUT2D eigenvalue weighted by atomic mass is 32.1. The molecular weight excluding hydrogens is 562 g/mol. The smallest absolute Gasteiger partial charge is 0.338 e. The maximum Gasteiger partial charge on any atom is 0.338 e. The molecule has 43 heavy (non-hydrogen) atoms. The first-order valence-electron chi connectivity index (χ1n) is 14.7. The summed E-state index contributed by atoms with van der Waals surface area (Å²) in [7, 11) is 3.91. The fourth-order valence-corrected chi connectivity index (χ4v) is 5.73. The van der Waals surface area contributed by atoms with Gasteiger partial charge in [0.2, 0.25) is 5.78 Å². The van der Waals surface area contributed by atoms with Gasteiger partial charge in [0.25, 0.3) is 0 Å². The van der Waals surface area contributed by atoms with Gasteiger partial charge in [0.1, 0.15) is 23.6 Å². The fraction of sp³-hybridized carbons (Fsp3) is 0.400. The van der Waals surface area contributed by atoms with Crippen LogP contribution in [0.2, 0.25) is 0 Å². The zero-order valence-electron chi connectivity index (χ0n) is 25.9. The van der Waals surface area contributed by atoms with Gasteiger partial charge in [0.05, 0.1) is 5.56 Å². The van der Waals surface area contributed by atoms with Gasteiger partial charge in [0.15, 0.2) is 5.43 Å².